The summed E-state index contributed by atoms with van der Waals surface area (Å²) in [5, 5.41) is 15.5. The van der Waals surface area contributed by atoms with E-state index >= 15 is 0 Å². The molecule has 2 atom stereocenters. The number of rotatable bonds is 4. The molecule has 1 aromatic rings. The predicted octanol–water partition coefficient (Wildman–Crippen LogP) is 3.36. The van der Waals surface area contributed by atoms with E-state index in [2.05, 4.69) is 24.1 Å². The summed E-state index contributed by atoms with van der Waals surface area (Å²) in [4.78, 5) is 13.3. The molecular formula is C14H21N3O2S. The highest BCUT2D eigenvalue weighted by Crippen LogP contribution is 2.38. The van der Waals surface area contributed by atoms with Crippen LogP contribution in [0.15, 0.2) is 18.2 Å². The number of anilines is 2. The zero-order chi connectivity index (χ0) is 14.7. The third-order valence-electron chi connectivity index (χ3n) is 3.32. The first-order valence-electron chi connectivity index (χ1n) is 6.94. The van der Waals surface area contributed by atoms with Crippen LogP contribution in [0.5, 0.6) is 0 Å². The van der Waals surface area contributed by atoms with E-state index in [4.69, 9.17) is 0 Å². The van der Waals surface area contributed by atoms with Gasteiger partial charge in [0.15, 0.2) is 0 Å². The molecule has 0 amide bonds. The second-order valence-electron chi connectivity index (χ2n) is 5.12. The van der Waals surface area contributed by atoms with E-state index in [0.717, 1.165) is 18.8 Å². The summed E-state index contributed by atoms with van der Waals surface area (Å²) in [6.45, 7) is 8.67. The van der Waals surface area contributed by atoms with Crippen LogP contribution in [0.3, 0.4) is 0 Å². The maximum absolute atomic E-state index is 11.5. The molecule has 5 nitrogen and oxygen atoms in total. The molecule has 0 spiro atoms. The molecule has 1 saturated heterocycles. The molecule has 0 aliphatic carbocycles. The summed E-state index contributed by atoms with van der Waals surface area (Å²) in [6.07, 6.45) is 0. The minimum atomic E-state index is -0.273. The van der Waals surface area contributed by atoms with Gasteiger partial charge in [0.25, 0.3) is 0 Å². The Morgan fingerprint density at radius 3 is 2.60 bits per heavy atom. The Morgan fingerprint density at radius 1 is 1.40 bits per heavy atom. The summed E-state index contributed by atoms with van der Waals surface area (Å²) in [6, 6.07) is 5.52. The molecule has 0 bridgehead atoms. The first kappa shape index (κ1) is 15.0. The lowest BCUT2D eigenvalue weighted by Gasteiger charge is -2.36. The Bertz CT molecular complexity index is 485. The average Bonchev–Trinajstić information content (AvgIpc) is 2.37. The molecule has 1 fully saturated rings. The first-order chi connectivity index (χ1) is 9.52. The van der Waals surface area contributed by atoms with Crippen LogP contribution < -0.4 is 10.2 Å². The van der Waals surface area contributed by atoms with Crippen molar-refractivity contribution in [3.63, 3.8) is 0 Å². The number of hydrogen-bond donors (Lipinski definition) is 1. The maximum Gasteiger partial charge on any atom is 0.315 e. The molecule has 1 heterocycles. The van der Waals surface area contributed by atoms with Gasteiger partial charge in [0, 0.05) is 30.1 Å². The van der Waals surface area contributed by atoms with Crippen molar-refractivity contribution >= 4 is 28.8 Å². The molecule has 1 aliphatic heterocycles. The highest BCUT2D eigenvalue weighted by Gasteiger charge is 2.29. The lowest BCUT2D eigenvalue weighted by Crippen LogP contribution is -2.40. The number of benzene rings is 1. The van der Waals surface area contributed by atoms with Gasteiger partial charge in [-0.2, -0.15) is 11.8 Å². The van der Waals surface area contributed by atoms with Gasteiger partial charge in [0.2, 0.25) is 0 Å². The molecule has 6 heteroatoms. The van der Waals surface area contributed by atoms with Crippen molar-refractivity contribution in [3.05, 3.63) is 28.3 Å². The summed E-state index contributed by atoms with van der Waals surface area (Å²) in [5.41, 5.74) is 1.53. The van der Waals surface area contributed by atoms with Crippen LogP contribution in [0, 0.1) is 10.1 Å². The van der Waals surface area contributed by atoms with Crippen molar-refractivity contribution in [1.82, 2.24) is 0 Å². The van der Waals surface area contributed by atoms with Gasteiger partial charge < -0.3 is 10.2 Å². The molecule has 0 saturated carbocycles. The van der Waals surface area contributed by atoms with E-state index in [1.807, 2.05) is 30.8 Å². The summed E-state index contributed by atoms with van der Waals surface area (Å²) in [7, 11) is 0. The van der Waals surface area contributed by atoms with Gasteiger partial charge in [-0.3, -0.25) is 10.1 Å². The van der Waals surface area contributed by atoms with E-state index in [1.54, 1.807) is 6.07 Å². The van der Waals surface area contributed by atoms with E-state index in [0.29, 0.717) is 22.7 Å². The topological polar surface area (TPSA) is 58.4 Å². The Labute approximate surface area is 123 Å². The Kier molecular flexibility index (Phi) is 4.75. The predicted molar refractivity (Wildman–Crippen MR) is 86.0 cm³/mol. The van der Waals surface area contributed by atoms with Crippen molar-refractivity contribution in [1.29, 1.82) is 0 Å². The van der Waals surface area contributed by atoms with Gasteiger partial charge in [-0.1, -0.05) is 19.9 Å². The molecular weight excluding hydrogens is 274 g/mol. The quantitative estimate of drug-likeness (QED) is 0.682. The Balaban J connectivity index is 2.39. The van der Waals surface area contributed by atoms with Gasteiger partial charge in [0.05, 0.1) is 4.92 Å². The Hall–Kier alpha value is -1.43. The SMILES string of the molecule is CCNc1cccc(N2CC(C)SC(C)C2)c1[N+](=O)[O-]. The third kappa shape index (κ3) is 3.17. The van der Waals surface area contributed by atoms with E-state index in [-0.39, 0.29) is 10.6 Å². The fraction of sp³-hybridized carbons (Fsp3) is 0.571. The van der Waals surface area contributed by atoms with Crippen molar-refractivity contribution in [3.8, 4) is 0 Å². The number of nitrogens with one attached hydrogen (secondary N) is 1. The fourth-order valence-corrected chi connectivity index (χ4v) is 4.01. The fourth-order valence-electron chi connectivity index (χ4n) is 2.69. The maximum atomic E-state index is 11.5. The van der Waals surface area contributed by atoms with Crippen LogP contribution in [0.25, 0.3) is 0 Å². The zero-order valence-electron chi connectivity index (χ0n) is 12.1. The average molecular weight is 295 g/mol. The van der Waals surface area contributed by atoms with Crippen molar-refractivity contribution in [2.24, 2.45) is 0 Å². The summed E-state index contributed by atoms with van der Waals surface area (Å²) in [5.74, 6) is 0. The van der Waals surface area contributed by atoms with Crippen LogP contribution >= 0.6 is 11.8 Å². The first-order valence-corrected chi connectivity index (χ1v) is 7.88. The molecule has 0 aromatic heterocycles. The van der Waals surface area contributed by atoms with Crippen molar-refractivity contribution < 1.29 is 4.92 Å². The van der Waals surface area contributed by atoms with Crippen LogP contribution in [-0.2, 0) is 0 Å². The van der Waals surface area contributed by atoms with Gasteiger partial charge in [-0.05, 0) is 19.1 Å². The minimum Gasteiger partial charge on any atom is -0.380 e. The normalized spacial score (nSPS) is 22.6. The lowest BCUT2D eigenvalue weighted by atomic mass is 10.2. The molecule has 1 N–H and O–H groups in total. The van der Waals surface area contributed by atoms with Gasteiger partial charge in [0.1, 0.15) is 11.4 Å². The number of nitro benzene ring substituents is 1. The molecule has 110 valence electrons. The molecule has 1 aliphatic rings. The summed E-state index contributed by atoms with van der Waals surface area (Å²) < 4.78 is 0. The zero-order valence-corrected chi connectivity index (χ0v) is 12.9. The third-order valence-corrected chi connectivity index (χ3v) is 4.55. The highest BCUT2D eigenvalue weighted by molar-refractivity contribution is 8.00. The number of nitro groups is 1. The number of thioether (sulfide) groups is 1. The monoisotopic (exact) mass is 295 g/mol. The number of hydrogen-bond acceptors (Lipinski definition) is 5. The molecule has 20 heavy (non-hydrogen) atoms. The van der Waals surface area contributed by atoms with Gasteiger partial charge in [-0.15, -0.1) is 0 Å². The second-order valence-corrected chi connectivity index (χ2v) is 7.00. The number of para-hydroxylation sites is 1. The van der Waals surface area contributed by atoms with Crippen molar-refractivity contribution in [2.75, 3.05) is 29.9 Å². The Morgan fingerprint density at radius 2 is 2.05 bits per heavy atom. The van der Waals surface area contributed by atoms with Crippen molar-refractivity contribution in [2.45, 2.75) is 31.3 Å². The number of nitrogens with zero attached hydrogens (tertiary/aromatic N) is 2. The van der Waals surface area contributed by atoms with Crippen LogP contribution in [0.1, 0.15) is 20.8 Å². The van der Waals surface area contributed by atoms with Crippen LogP contribution in [0.2, 0.25) is 0 Å². The second kappa shape index (κ2) is 6.35. The van der Waals surface area contributed by atoms with E-state index in [9.17, 15) is 10.1 Å². The largest absolute Gasteiger partial charge is 0.380 e. The van der Waals surface area contributed by atoms with E-state index in [1.165, 1.54) is 0 Å². The molecule has 2 rings (SSSR count). The highest BCUT2D eigenvalue weighted by atomic mass is 32.2. The standard InChI is InChI=1S/C14H21N3O2S/c1-4-15-12-6-5-7-13(14(12)17(18)19)16-8-10(2)20-11(3)9-16/h5-7,10-11,15H,4,8-9H2,1-3H3. The van der Waals surface area contributed by atoms with E-state index < -0.39 is 0 Å². The van der Waals surface area contributed by atoms with Crippen LogP contribution in [-0.4, -0.2) is 35.1 Å². The molecule has 2 unspecified atom stereocenters. The van der Waals surface area contributed by atoms with Gasteiger partial charge >= 0.3 is 5.69 Å². The lowest BCUT2D eigenvalue weighted by molar-refractivity contribution is -0.383. The minimum absolute atomic E-state index is 0.195. The smallest absolute Gasteiger partial charge is 0.315 e. The molecule has 0 radical (unpaired) electrons. The van der Waals surface area contributed by atoms with Crippen LogP contribution in [0.4, 0.5) is 17.1 Å². The molecule has 1 aromatic carbocycles. The van der Waals surface area contributed by atoms with Gasteiger partial charge in [-0.25, -0.2) is 0 Å². The summed E-state index contributed by atoms with van der Waals surface area (Å²) >= 11 is 1.94.